The largest absolute Gasteiger partial charge is 0.311 e. The Morgan fingerprint density at radius 2 is 1.58 bits per heavy atom. The van der Waals surface area contributed by atoms with Gasteiger partial charge in [-0.05, 0) is 29.8 Å². The molecule has 1 amide bonds. The lowest BCUT2D eigenvalue weighted by Crippen LogP contribution is -2.27. The Balaban J connectivity index is 1.79. The minimum atomic E-state index is -0.0491. The zero-order valence-corrected chi connectivity index (χ0v) is 14.5. The van der Waals surface area contributed by atoms with E-state index in [-0.39, 0.29) is 5.91 Å². The maximum Gasteiger partial charge on any atom is 0.258 e. The van der Waals surface area contributed by atoms with E-state index in [4.69, 9.17) is 0 Å². The van der Waals surface area contributed by atoms with Crippen molar-refractivity contribution in [2.75, 3.05) is 11.9 Å². The standard InChI is InChI=1S/C23H18N2O/c1-25(22-15-6-5-11-18(22)17-9-3-2-4-10-17)23(26)20-12-7-14-21-19(20)13-8-16-24-21/h2-16H,1H3. The monoisotopic (exact) mass is 338 g/mol. The molecular formula is C23H18N2O. The van der Waals surface area contributed by atoms with E-state index in [1.165, 1.54) is 0 Å². The highest BCUT2D eigenvalue weighted by Gasteiger charge is 2.18. The Kier molecular flexibility index (Phi) is 4.20. The molecule has 3 aromatic carbocycles. The summed E-state index contributed by atoms with van der Waals surface area (Å²) < 4.78 is 0. The molecule has 3 nitrogen and oxygen atoms in total. The molecule has 3 heteroatoms. The molecular weight excluding hydrogens is 320 g/mol. The van der Waals surface area contributed by atoms with E-state index in [9.17, 15) is 4.79 Å². The quantitative estimate of drug-likeness (QED) is 0.516. The van der Waals surface area contributed by atoms with Crippen LogP contribution >= 0.6 is 0 Å². The van der Waals surface area contributed by atoms with Gasteiger partial charge in [-0.1, -0.05) is 60.7 Å². The maximum absolute atomic E-state index is 13.2. The van der Waals surface area contributed by atoms with Gasteiger partial charge in [0.2, 0.25) is 0 Å². The fourth-order valence-electron chi connectivity index (χ4n) is 3.21. The summed E-state index contributed by atoms with van der Waals surface area (Å²) in [5, 5.41) is 0.865. The average molecular weight is 338 g/mol. The molecule has 126 valence electrons. The number of hydrogen-bond acceptors (Lipinski definition) is 2. The predicted molar refractivity (Wildman–Crippen MR) is 106 cm³/mol. The molecule has 0 radical (unpaired) electrons. The van der Waals surface area contributed by atoms with Crippen LogP contribution in [0.25, 0.3) is 22.0 Å². The van der Waals surface area contributed by atoms with Crippen LogP contribution in [0.4, 0.5) is 5.69 Å². The summed E-state index contributed by atoms with van der Waals surface area (Å²) in [6.45, 7) is 0. The highest BCUT2D eigenvalue weighted by atomic mass is 16.2. The summed E-state index contributed by atoms with van der Waals surface area (Å²) in [6.07, 6.45) is 1.74. The van der Waals surface area contributed by atoms with Crippen molar-refractivity contribution in [1.29, 1.82) is 0 Å². The van der Waals surface area contributed by atoms with Crippen molar-refractivity contribution in [3.8, 4) is 11.1 Å². The lowest BCUT2D eigenvalue weighted by molar-refractivity contribution is 0.0994. The highest BCUT2D eigenvalue weighted by Crippen LogP contribution is 2.31. The van der Waals surface area contributed by atoms with Crippen molar-refractivity contribution >= 4 is 22.5 Å². The molecule has 0 aliphatic rings. The number of aromatic nitrogens is 1. The Hall–Kier alpha value is -3.46. The van der Waals surface area contributed by atoms with Gasteiger partial charge in [-0.15, -0.1) is 0 Å². The molecule has 26 heavy (non-hydrogen) atoms. The smallest absolute Gasteiger partial charge is 0.258 e. The van der Waals surface area contributed by atoms with Gasteiger partial charge in [-0.3, -0.25) is 9.78 Å². The van der Waals surface area contributed by atoms with Crippen LogP contribution in [0, 0.1) is 0 Å². The first-order chi connectivity index (χ1) is 12.8. The van der Waals surface area contributed by atoms with E-state index >= 15 is 0 Å². The lowest BCUT2D eigenvalue weighted by atomic mass is 10.0. The first-order valence-electron chi connectivity index (χ1n) is 8.52. The van der Waals surface area contributed by atoms with Gasteiger partial charge in [0, 0.05) is 29.8 Å². The number of carbonyl (C=O) groups excluding carboxylic acids is 1. The van der Waals surface area contributed by atoms with Gasteiger partial charge in [-0.25, -0.2) is 0 Å². The zero-order valence-electron chi connectivity index (χ0n) is 14.5. The molecule has 0 spiro atoms. The first-order valence-corrected chi connectivity index (χ1v) is 8.52. The van der Waals surface area contributed by atoms with Crippen LogP contribution in [-0.2, 0) is 0 Å². The molecule has 0 aliphatic carbocycles. The molecule has 4 aromatic rings. The Morgan fingerprint density at radius 3 is 2.42 bits per heavy atom. The average Bonchev–Trinajstić information content (AvgIpc) is 2.73. The van der Waals surface area contributed by atoms with Crippen LogP contribution in [0.2, 0.25) is 0 Å². The minimum Gasteiger partial charge on any atom is -0.311 e. The van der Waals surface area contributed by atoms with Crippen LogP contribution in [0.3, 0.4) is 0 Å². The topological polar surface area (TPSA) is 33.2 Å². The Labute approximate surface area is 152 Å². The molecule has 0 fully saturated rings. The number of fused-ring (bicyclic) bond motifs is 1. The summed E-state index contributed by atoms with van der Waals surface area (Å²) in [5.74, 6) is -0.0491. The number of benzene rings is 3. The molecule has 0 unspecified atom stereocenters. The first kappa shape index (κ1) is 16.0. The van der Waals surface area contributed by atoms with Crippen LogP contribution < -0.4 is 4.90 Å². The molecule has 0 atom stereocenters. The number of pyridine rings is 1. The molecule has 4 rings (SSSR count). The highest BCUT2D eigenvalue weighted by molar-refractivity contribution is 6.14. The molecule has 1 heterocycles. The number of nitrogens with zero attached hydrogens (tertiary/aromatic N) is 2. The number of para-hydroxylation sites is 1. The van der Waals surface area contributed by atoms with Gasteiger partial charge in [0.15, 0.2) is 0 Å². The van der Waals surface area contributed by atoms with Gasteiger partial charge in [0.05, 0.1) is 11.2 Å². The number of hydrogen-bond donors (Lipinski definition) is 0. The number of amides is 1. The van der Waals surface area contributed by atoms with Gasteiger partial charge in [-0.2, -0.15) is 0 Å². The maximum atomic E-state index is 13.2. The van der Waals surface area contributed by atoms with E-state index in [0.717, 1.165) is 27.7 Å². The van der Waals surface area contributed by atoms with Crippen molar-refractivity contribution < 1.29 is 4.79 Å². The van der Waals surface area contributed by atoms with Crippen LogP contribution in [0.15, 0.2) is 91.1 Å². The van der Waals surface area contributed by atoms with E-state index in [0.29, 0.717) is 5.56 Å². The van der Waals surface area contributed by atoms with E-state index in [2.05, 4.69) is 17.1 Å². The van der Waals surface area contributed by atoms with Crippen molar-refractivity contribution in [2.45, 2.75) is 0 Å². The third-order valence-electron chi connectivity index (χ3n) is 4.53. The van der Waals surface area contributed by atoms with E-state index in [1.807, 2.05) is 79.8 Å². The van der Waals surface area contributed by atoms with Crippen molar-refractivity contribution in [3.05, 3.63) is 96.7 Å². The molecule has 0 aliphatic heterocycles. The summed E-state index contributed by atoms with van der Waals surface area (Å²) >= 11 is 0. The SMILES string of the molecule is CN(C(=O)c1cccc2ncccc12)c1ccccc1-c1ccccc1. The molecule has 1 aromatic heterocycles. The predicted octanol–water partition coefficient (Wildman–Crippen LogP) is 5.18. The summed E-state index contributed by atoms with van der Waals surface area (Å²) in [7, 11) is 1.82. The van der Waals surface area contributed by atoms with E-state index in [1.54, 1.807) is 11.1 Å². The lowest BCUT2D eigenvalue weighted by Gasteiger charge is -2.21. The second-order valence-corrected chi connectivity index (χ2v) is 6.12. The molecule has 0 bridgehead atoms. The second-order valence-electron chi connectivity index (χ2n) is 6.12. The van der Waals surface area contributed by atoms with Gasteiger partial charge >= 0.3 is 0 Å². The summed E-state index contributed by atoms with van der Waals surface area (Å²) in [5.41, 5.74) is 4.47. The van der Waals surface area contributed by atoms with Crippen molar-refractivity contribution in [1.82, 2.24) is 4.98 Å². The van der Waals surface area contributed by atoms with Gasteiger partial charge in [0.1, 0.15) is 0 Å². The van der Waals surface area contributed by atoms with Crippen LogP contribution in [0.5, 0.6) is 0 Å². The van der Waals surface area contributed by atoms with E-state index < -0.39 is 0 Å². The number of rotatable bonds is 3. The fraction of sp³-hybridized carbons (Fsp3) is 0.0435. The van der Waals surface area contributed by atoms with Gasteiger partial charge < -0.3 is 4.90 Å². The number of anilines is 1. The molecule has 0 N–H and O–H groups in total. The van der Waals surface area contributed by atoms with Crippen LogP contribution in [-0.4, -0.2) is 17.9 Å². The second kappa shape index (κ2) is 6.81. The van der Waals surface area contributed by atoms with Crippen molar-refractivity contribution in [2.24, 2.45) is 0 Å². The minimum absolute atomic E-state index is 0.0491. The summed E-state index contributed by atoms with van der Waals surface area (Å²) in [6, 6.07) is 27.5. The third kappa shape index (κ3) is 2.84. The Bertz CT molecular complexity index is 1070. The summed E-state index contributed by atoms with van der Waals surface area (Å²) in [4.78, 5) is 19.3. The fourth-order valence-corrected chi connectivity index (χ4v) is 3.21. The zero-order chi connectivity index (χ0) is 17.9. The normalized spacial score (nSPS) is 10.7. The Morgan fingerprint density at radius 1 is 0.808 bits per heavy atom. The number of carbonyl (C=O) groups is 1. The van der Waals surface area contributed by atoms with Crippen LogP contribution in [0.1, 0.15) is 10.4 Å². The van der Waals surface area contributed by atoms with Gasteiger partial charge in [0.25, 0.3) is 5.91 Å². The molecule has 0 saturated carbocycles. The van der Waals surface area contributed by atoms with Crippen molar-refractivity contribution in [3.63, 3.8) is 0 Å². The third-order valence-corrected chi connectivity index (χ3v) is 4.53. The molecule has 0 saturated heterocycles.